The zero-order valence-corrected chi connectivity index (χ0v) is 19.9. The van der Waals surface area contributed by atoms with Gasteiger partial charge in [-0.25, -0.2) is 0 Å². The zero-order valence-electron chi connectivity index (χ0n) is 19.9. The number of likely N-dealkylation sites (tertiary alicyclic amines) is 1. The topological polar surface area (TPSA) is 86.7 Å². The van der Waals surface area contributed by atoms with Gasteiger partial charge in [0.05, 0.1) is 28.7 Å². The first-order chi connectivity index (χ1) is 16.5. The molecule has 0 unspecified atom stereocenters. The number of hydrogen-bond donors (Lipinski definition) is 1. The van der Waals surface area contributed by atoms with Crippen LogP contribution >= 0.6 is 0 Å². The van der Waals surface area contributed by atoms with E-state index in [2.05, 4.69) is 26.9 Å². The molecular weight excluding hydrogens is 432 g/mol. The number of amides is 1. The fourth-order valence-corrected chi connectivity index (χ4v) is 5.64. The summed E-state index contributed by atoms with van der Waals surface area (Å²) in [5, 5.41) is 6.04. The van der Waals surface area contributed by atoms with Crippen molar-refractivity contribution in [2.24, 2.45) is 0 Å². The van der Waals surface area contributed by atoms with Gasteiger partial charge in [-0.15, -0.1) is 0 Å². The third-order valence-electron chi connectivity index (χ3n) is 7.88. The van der Waals surface area contributed by atoms with Gasteiger partial charge in [-0.3, -0.25) is 19.2 Å². The number of hydrogen-bond acceptors (Lipinski definition) is 6. The van der Waals surface area contributed by atoms with Crippen LogP contribution in [0.4, 0.5) is 0 Å². The van der Waals surface area contributed by atoms with Gasteiger partial charge in [-0.05, 0) is 44.5 Å². The van der Waals surface area contributed by atoms with Crippen LogP contribution in [0, 0.1) is 6.92 Å². The fourth-order valence-electron chi connectivity index (χ4n) is 5.64. The summed E-state index contributed by atoms with van der Waals surface area (Å²) in [6.45, 7) is 9.20. The smallest absolute Gasteiger partial charge is 0.259 e. The Morgan fingerprint density at radius 3 is 2.53 bits per heavy atom. The molecule has 0 saturated carbocycles. The van der Waals surface area contributed by atoms with Gasteiger partial charge in [0.25, 0.3) is 11.5 Å². The average Bonchev–Trinajstić information content (AvgIpc) is 3.26. The molecule has 5 heterocycles. The number of aryl methyl sites for hydroxylation is 1. The standard InChI is InChI=1S/C25H32N6O3/c1-16-11-22-20(23-21(24(32)27-22)13-26-31(23)17-3-9-34-10-4-17)12-19(16)25(33)30-14-18(15-30)29-7-5-28(2)6-8-29/h11-13,17-18H,3-10,14-15H2,1-2H3,(H,27,32). The van der Waals surface area contributed by atoms with E-state index in [9.17, 15) is 9.59 Å². The van der Waals surface area contributed by atoms with E-state index in [4.69, 9.17) is 4.74 Å². The molecule has 3 saturated heterocycles. The van der Waals surface area contributed by atoms with Gasteiger partial charge in [0.15, 0.2) is 0 Å². The first-order valence-corrected chi connectivity index (χ1v) is 12.3. The number of ether oxygens (including phenoxy) is 1. The second kappa shape index (κ2) is 8.48. The van der Waals surface area contributed by atoms with Crippen LogP contribution in [-0.4, -0.2) is 101 Å². The number of pyridine rings is 1. The lowest BCUT2D eigenvalue weighted by molar-refractivity contribution is 0.0110. The Labute approximate surface area is 198 Å². The number of piperazine rings is 1. The maximum absolute atomic E-state index is 13.5. The number of aromatic amines is 1. The molecule has 34 heavy (non-hydrogen) atoms. The summed E-state index contributed by atoms with van der Waals surface area (Å²) in [5.74, 6) is 0.0706. The molecule has 6 rings (SSSR count). The highest BCUT2D eigenvalue weighted by Crippen LogP contribution is 2.31. The van der Waals surface area contributed by atoms with E-state index in [1.54, 1.807) is 6.20 Å². The Morgan fingerprint density at radius 2 is 1.79 bits per heavy atom. The second-order valence-corrected chi connectivity index (χ2v) is 10.1. The van der Waals surface area contributed by atoms with Gasteiger partial charge < -0.3 is 19.5 Å². The summed E-state index contributed by atoms with van der Waals surface area (Å²) in [5.41, 5.74) is 3.01. The van der Waals surface area contributed by atoms with Gasteiger partial charge in [-0.2, -0.15) is 5.10 Å². The van der Waals surface area contributed by atoms with E-state index >= 15 is 0 Å². The van der Waals surface area contributed by atoms with Crippen molar-refractivity contribution in [3.63, 3.8) is 0 Å². The number of H-pyrrole nitrogens is 1. The van der Waals surface area contributed by atoms with Crippen LogP contribution in [0.5, 0.6) is 0 Å². The number of fused-ring (bicyclic) bond motifs is 3. The average molecular weight is 465 g/mol. The van der Waals surface area contributed by atoms with E-state index in [0.29, 0.717) is 30.2 Å². The quantitative estimate of drug-likeness (QED) is 0.634. The van der Waals surface area contributed by atoms with E-state index in [-0.39, 0.29) is 17.5 Å². The lowest BCUT2D eigenvalue weighted by atomic mass is 9.99. The zero-order chi connectivity index (χ0) is 23.4. The van der Waals surface area contributed by atoms with E-state index in [0.717, 1.165) is 74.1 Å². The Morgan fingerprint density at radius 1 is 1.06 bits per heavy atom. The first-order valence-electron chi connectivity index (χ1n) is 12.3. The van der Waals surface area contributed by atoms with Gasteiger partial charge >= 0.3 is 0 Å². The lowest BCUT2D eigenvalue weighted by Crippen LogP contribution is -2.64. The number of aromatic nitrogens is 3. The van der Waals surface area contributed by atoms with Gasteiger partial charge in [0.2, 0.25) is 0 Å². The number of nitrogens with one attached hydrogen (secondary N) is 1. The minimum Gasteiger partial charge on any atom is -0.381 e. The Hall–Kier alpha value is -2.75. The van der Waals surface area contributed by atoms with Crippen molar-refractivity contribution in [3.8, 4) is 0 Å². The molecule has 3 aromatic rings. The number of benzene rings is 1. The summed E-state index contributed by atoms with van der Waals surface area (Å²) in [6.07, 6.45) is 3.38. The third-order valence-corrected chi connectivity index (χ3v) is 7.88. The van der Waals surface area contributed by atoms with Crippen molar-refractivity contribution < 1.29 is 9.53 Å². The second-order valence-electron chi connectivity index (χ2n) is 10.1. The van der Waals surface area contributed by atoms with Gasteiger partial charge in [0.1, 0.15) is 0 Å². The SMILES string of the molecule is Cc1cc2[nH]c(=O)c3cnn(C4CCOCC4)c3c2cc1C(=O)N1CC(N2CCN(C)CC2)C1. The summed E-state index contributed by atoms with van der Waals surface area (Å²) in [7, 11) is 2.16. The Bertz CT molecular complexity index is 1290. The lowest BCUT2D eigenvalue weighted by Gasteiger charge is -2.47. The predicted octanol–water partition coefficient (Wildman–Crippen LogP) is 1.61. The normalized spacial score (nSPS) is 21.4. The molecule has 0 radical (unpaired) electrons. The van der Waals surface area contributed by atoms with Crippen LogP contribution in [0.2, 0.25) is 0 Å². The van der Waals surface area contributed by atoms with Crippen molar-refractivity contribution in [2.75, 3.05) is 59.5 Å². The number of nitrogens with zero attached hydrogens (tertiary/aromatic N) is 5. The van der Waals surface area contributed by atoms with Crippen molar-refractivity contribution in [1.29, 1.82) is 0 Å². The highest BCUT2D eigenvalue weighted by molar-refractivity contribution is 6.07. The molecule has 1 amide bonds. The molecule has 3 aliphatic heterocycles. The van der Waals surface area contributed by atoms with E-state index in [1.807, 2.05) is 28.6 Å². The molecule has 1 aromatic carbocycles. The van der Waals surface area contributed by atoms with Crippen molar-refractivity contribution in [2.45, 2.75) is 31.8 Å². The van der Waals surface area contributed by atoms with Gasteiger partial charge in [-0.1, -0.05) is 0 Å². The molecule has 0 aliphatic carbocycles. The Kier molecular flexibility index (Phi) is 5.43. The summed E-state index contributed by atoms with van der Waals surface area (Å²) < 4.78 is 7.50. The molecule has 3 aliphatic rings. The molecule has 0 atom stereocenters. The van der Waals surface area contributed by atoms with Crippen LogP contribution in [0.15, 0.2) is 23.1 Å². The number of carbonyl (C=O) groups excluding carboxylic acids is 1. The number of carbonyl (C=O) groups is 1. The third kappa shape index (κ3) is 3.62. The molecule has 1 N–H and O–H groups in total. The van der Waals surface area contributed by atoms with Crippen molar-refractivity contribution in [3.05, 3.63) is 39.8 Å². The molecule has 0 spiro atoms. The highest BCUT2D eigenvalue weighted by atomic mass is 16.5. The van der Waals surface area contributed by atoms with Crippen molar-refractivity contribution >= 4 is 27.7 Å². The van der Waals surface area contributed by atoms with Crippen LogP contribution in [0.3, 0.4) is 0 Å². The van der Waals surface area contributed by atoms with Crippen LogP contribution in [0.25, 0.3) is 21.8 Å². The van der Waals surface area contributed by atoms with E-state index in [1.165, 1.54) is 0 Å². The monoisotopic (exact) mass is 464 g/mol. The van der Waals surface area contributed by atoms with Crippen molar-refractivity contribution in [1.82, 2.24) is 29.5 Å². The summed E-state index contributed by atoms with van der Waals surface area (Å²) in [6, 6.07) is 4.54. The highest BCUT2D eigenvalue weighted by Gasteiger charge is 2.36. The fraction of sp³-hybridized carbons (Fsp3) is 0.560. The van der Waals surface area contributed by atoms with Crippen LogP contribution < -0.4 is 5.56 Å². The first kappa shape index (κ1) is 21.8. The summed E-state index contributed by atoms with van der Waals surface area (Å²) >= 11 is 0. The molecular formula is C25H32N6O3. The van der Waals surface area contributed by atoms with Crippen LogP contribution in [0.1, 0.15) is 34.8 Å². The maximum atomic E-state index is 13.5. The molecule has 0 bridgehead atoms. The molecule has 3 fully saturated rings. The Balaban J connectivity index is 1.32. The number of likely N-dealkylation sites (N-methyl/N-ethyl adjacent to an activating group) is 1. The van der Waals surface area contributed by atoms with Gasteiger partial charge in [0, 0.05) is 69.5 Å². The molecule has 2 aromatic heterocycles. The number of rotatable bonds is 3. The van der Waals surface area contributed by atoms with E-state index < -0.39 is 0 Å². The molecule has 9 nitrogen and oxygen atoms in total. The summed E-state index contributed by atoms with van der Waals surface area (Å²) in [4.78, 5) is 36.1. The molecule has 9 heteroatoms. The molecule has 180 valence electrons. The minimum absolute atomic E-state index is 0.0706. The minimum atomic E-state index is -0.142. The maximum Gasteiger partial charge on any atom is 0.259 e. The predicted molar refractivity (Wildman–Crippen MR) is 130 cm³/mol. The van der Waals surface area contributed by atoms with Crippen LogP contribution in [-0.2, 0) is 4.74 Å². The largest absolute Gasteiger partial charge is 0.381 e.